The van der Waals surface area contributed by atoms with Crippen LogP contribution in [0.25, 0.3) is 0 Å². The Bertz CT molecular complexity index is 385. The highest BCUT2D eigenvalue weighted by Gasteiger charge is 2.25. The SMILES string of the molecule is COC(=O)CON(CC(=O)O)C(=O)[C@H](C)CSC(C)=O. The summed E-state index contributed by atoms with van der Waals surface area (Å²) in [6.07, 6.45) is 0. The molecule has 0 aliphatic rings. The van der Waals surface area contributed by atoms with Gasteiger partial charge in [-0.25, -0.2) is 9.86 Å². The van der Waals surface area contributed by atoms with Crippen LogP contribution in [0.4, 0.5) is 0 Å². The van der Waals surface area contributed by atoms with Gasteiger partial charge in [-0.3, -0.25) is 19.2 Å². The summed E-state index contributed by atoms with van der Waals surface area (Å²) >= 11 is 0.952. The molecule has 0 aliphatic carbocycles. The van der Waals surface area contributed by atoms with Gasteiger partial charge in [0.05, 0.1) is 7.11 Å². The molecule has 114 valence electrons. The first-order chi connectivity index (χ1) is 9.27. The fourth-order valence-electron chi connectivity index (χ4n) is 1.06. The zero-order valence-corrected chi connectivity index (χ0v) is 12.3. The molecule has 9 heteroatoms. The van der Waals surface area contributed by atoms with Crippen LogP contribution in [-0.4, -0.2) is 59.1 Å². The lowest BCUT2D eigenvalue weighted by Gasteiger charge is -2.22. The summed E-state index contributed by atoms with van der Waals surface area (Å²) < 4.78 is 4.33. The van der Waals surface area contributed by atoms with E-state index in [0.29, 0.717) is 5.06 Å². The summed E-state index contributed by atoms with van der Waals surface area (Å²) in [5, 5.41) is 9.15. The van der Waals surface area contributed by atoms with Gasteiger partial charge in [0.15, 0.2) is 11.7 Å². The van der Waals surface area contributed by atoms with E-state index in [0.717, 1.165) is 18.9 Å². The molecular weight excluding hydrogens is 290 g/mol. The smallest absolute Gasteiger partial charge is 0.334 e. The van der Waals surface area contributed by atoms with E-state index in [-0.39, 0.29) is 10.9 Å². The quantitative estimate of drug-likeness (QED) is 0.490. The molecule has 0 saturated heterocycles. The molecule has 0 radical (unpaired) electrons. The Morgan fingerprint density at radius 3 is 2.35 bits per heavy atom. The van der Waals surface area contributed by atoms with Crippen LogP contribution in [-0.2, 0) is 28.8 Å². The number of hydrogen-bond donors (Lipinski definition) is 1. The maximum atomic E-state index is 12.0. The second kappa shape index (κ2) is 9.32. The van der Waals surface area contributed by atoms with E-state index in [1.54, 1.807) is 0 Å². The van der Waals surface area contributed by atoms with E-state index < -0.39 is 36.9 Å². The number of nitrogens with zero attached hydrogens (tertiary/aromatic N) is 1. The summed E-state index contributed by atoms with van der Waals surface area (Å²) in [7, 11) is 1.14. The number of thioether (sulfide) groups is 1. The van der Waals surface area contributed by atoms with Crippen molar-refractivity contribution in [1.82, 2.24) is 5.06 Å². The molecule has 0 aromatic heterocycles. The zero-order valence-electron chi connectivity index (χ0n) is 11.5. The molecule has 20 heavy (non-hydrogen) atoms. The van der Waals surface area contributed by atoms with Crippen molar-refractivity contribution in [3.8, 4) is 0 Å². The molecule has 0 aromatic rings. The van der Waals surface area contributed by atoms with Gasteiger partial charge in [0.25, 0.3) is 0 Å². The van der Waals surface area contributed by atoms with E-state index >= 15 is 0 Å². The first-order valence-electron chi connectivity index (χ1n) is 5.64. The van der Waals surface area contributed by atoms with Gasteiger partial charge in [-0.15, -0.1) is 0 Å². The summed E-state index contributed by atoms with van der Waals surface area (Å²) in [6.45, 7) is 1.63. The highest BCUT2D eigenvalue weighted by molar-refractivity contribution is 8.13. The van der Waals surface area contributed by atoms with Crippen LogP contribution in [0.2, 0.25) is 0 Å². The number of hydrogen-bond acceptors (Lipinski definition) is 7. The van der Waals surface area contributed by atoms with Gasteiger partial charge < -0.3 is 9.84 Å². The average Bonchev–Trinajstić information content (AvgIpc) is 2.38. The lowest BCUT2D eigenvalue weighted by atomic mass is 10.2. The molecule has 0 fully saturated rings. The largest absolute Gasteiger partial charge is 0.480 e. The number of aliphatic carboxylic acids is 1. The van der Waals surface area contributed by atoms with Crippen LogP contribution in [0, 0.1) is 5.92 Å². The predicted molar refractivity (Wildman–Crippen MR) is 69.6 cm³/mol. The van der Waals surface area contributed by atoms with Gasteiger partial charge in [-0.05, 0) is 0 Å². The number of amides is 1. The maximum absolute atomic E-state index is 12.0. The number of ether oxygens (including phenoxy) is 1. The zero-order chi connectivity index (χ0) is 15.7. The van der Waals surface area contributed by atoms with Crippen molar-refractivity contribution in [2.75, 3.05) is 26.0 Å². The molecular formula is C11H17NO7S. The lowest BCUT2D eigenvalue weighted by molar-refractivity contribution is -0.200. The van der Waals surface area contributed by atoms with E-state index in [1.807, 2.05) is 0 Å². The number of carbonyl (C=O) groups is 4. The van der Waals surface area contributed by atoms with Crippen molar-refractivity contribution in [3.63, 3.8) is 0 Å². The van der Waals surface area contributed by atoms with Crippen LogP contribution in [0.15, 0.2) is 0 Å². The number of carboxylic acid groups (broad SMARTS) is 1. The van der Waals surface area contributed by atoms with Gasteiger partial charge in [0, 0.05) is 18.6 Å². The van der Waals surface area contributed by atoms with Crippen LogP contribution < -0.4 is 0 Å². The Labute approximate surface area is 120 Å². The predicted octanol–water partition coefficient (Wildman–Crippen LogP) is -0.0800. The second-order valence-electron chi connectivity index (χ2n) is 3.82. The van der Waals surface area contributed by atoms with Gasteiger partial charge in [0.1, 0.15) is 6.54 Å². The molecule has 8 nitrogen and oxygen atoms in total. The molecule has 1 amide bonds. The third kappa shape index (κ3) is 7.74. The number of hydroxylamine groups is 2. The lowest BCUT2D eigenvalue weighted by Crippen LogP contribution is -2.40. The van der Waals surface area contributed by atoms with E-state index in [4.69, 9.17) is 9.94 Å². The molecule has 1 atom stereocenters. The third-order valence-electron chi connectivity index (χ3n) is 2.05. The van der Waals surface area contributed by atoms with Crippen LogP contribution in [0.5, 0.6) is 0 Å². The van der Waals surface area contributed by atoms with Crippen molar-refractivity contribution in [2.24, 2.45) is 5.92 Å². The van der Waals surface area contributed by atoms with Crippen LogP contribution in [0.3, 0.4) is 0 Å². The molecule has 0 heterocycles. The van der Waals surface area contributed by atoms with Crippen molar-refractivity contribution in [3.05, 3.63) is 0 Å². The second-order valence-corrected chi connectivity index (χ2v) is 5.02. The normalized spacial score (nSPS) is 11.6. The maximum Gasteiger partial charge on any atom is 0.334 e. The Morgan fingerprint density at radius 1 is 1.30 bits per heavy atom. The molecule has 0 rings (SSSR count). The van der Waals surface area contributed by atoms with Crippen molar-refractivity contribution >= 4 is 34.7 Å². The summed E-state index contributed by atoms with van der Waals surface area (Å²) in [5.74, 6) is -3.06. The molecule has 0 unspecified atom stereocenters. The number of carbonyl (C=O) groups excluding carboxylic acids is 3. The highest BCUT2D eigenvalue weighted by atomic mass is 32.2. The Kier molecular flexibility index (Phi) is 8.57. The van der Waals surface area contributed by atoms with Crippen molar-refractivity contribution < 1.29 is 33.9 Å². The molecule has 0 bridgehead atoms. The Balaban J connectivity index is 4.57. The third-order valence-corrected chi connectivity index (χ3v) is 3.12. The van der Waals surface area contributed by atoms with Crippen molar-refractivity contribution in [1.29, 1.82) is 0 Å². The molecule has 0 saturated carbocycles. The minimum atomic E-state index is -1.28. The first-order valence-corrected chi connectivity index (χ1v) is 6.62. The molecule has 0 aromatic carbocycles. The highest BCUT2D eigenvalue weighted by Crippen LogP contribution is 2.12. The van der Waals surface area contributed by atoms with E-state index in [2.05, 4.69) is 4.74 Å². The van der Waals surface area contributed by atoms with Gasteiger partial charge >= 0.3 is 11.9 Å². The Morgan fingerprint density at radius 2 is 1.90 bits per heavy atom. The summed E-state index contributed by atoms with van der Waals surface area (Å²) in [4.78, 5) is 49.2. The minimum absolute atomic E-state index is 0.148. The fraction of sp³-hybridized carbons (Fsp3) is 0.636. The molecule has 1 N–H and O–H groups in total. The number of rotatable bonds is 8. The summed E-state index contributed by atoms with van der Waals surface area (Å²) in [5.41, 5.74) is 0. The first kappa shape index (κ1) is 18.4. The molecule has 0 spiro atoms. The summed E-state index contributed by atoms with van der Waals surface area (Å²) in [6, 6.07) is 0. The van der Waals surface area contributed by atoms with E-state index in [9.17, 15) is 19.2 Å². The minimum Gasteiger partial charge on any atom is -0.480 e. The van der Waals surface area contributed by atoms with Crippen molar-refractivity contribution in [2.45, 2.75) is 13.8 Å². The fourth-order valence-corrected chi connectivity index (χ4v) is 1.69. The van der Waals surface area contributed by atoms with E-state index in [1.165, 1.54) is 13.8 Å². The molecule has 0 aliphatic heterocycles. The van der Waals surface area contributed by atoms with Gasteiger partial charge in [-0.1, -0.05) is 18.7 Å². The number of carboxylic acids is 1. The topological polar surface area (TPSA) is 110 Å². The van der Waals surface area contributed by atoms with Crippen LogP contribution >= 0.6 is 11.8 Å². The average molecular weight is 307 g/mol. The number of esters is 1. The number of methoxy groups -OCH3 is 1. The van der Waals surface area contributed by atoms with Gasteiger partial charge in [0.2, 0.25) is 5.91 Å². The standard InChI is InChI=1S/C11H17NO7S/c1-7(6-20-8(2)13)11(17)12(4-9(14)15)19-5-10(16)18-3/h7H,4-6H2,1-3H3,(H,14,15)/t7-/m1/s1. The van der Waals surface area contributed by atoms with Crippen LogP contribution in [0.1, 0.15) is 13.8 Å². The Hall–Kier alpha value is -1.61. The monoisotopic (exact) mass is 307 g/mol. The van der Waals surface area contributed by atoms with Gasteiger partial charge in [-0.2, -0.15) is 0 Å².